The average Bonchev–Trinajstić information content (AvgIpc) is 3.93. The van der Waals surface area contributed by atoms with E-state index in [1.54, 1.807) is 44.2 Å². The summed E-state index contributed by atoms with van der Waals surface area (Å²) >= 11 is 0. The molecule has 27 heteroatoms. The van der Waals surface area contributed by atoms with Gasteiger partial charge in [-0.1, -0.05) is 72.6 Å². The first kappa shape index (κ1) is 61.9. The zero-order valence-electron chi connectivity index (χ0n) is 46.7. The Kier molecular flexibility index (Phi) is 18.8. The molecule has 0 aliphatic carbocycles. The fraction of sp³-hybridized carbons (Fsp3) is 0.660. The molecule has 430 valence electrons. The van der Waals surface area contributed by atoms with Gasteiger partial charge in [0.05, 0.1) is 37.5 Å². The van der Waals surface area contributed by atoms with Crippen molar-refractivity contribution in [1.29, 1.82) is 0 Å². The molecule has 2 fully saturated rings. The van der Waals surface area contributed by atoms with Gasteiger partial charge in [-0.25, -0.2) is 18.3 Å². The van der Waals surface area contributed by atoms with Gasteiger partial charge in [0.2, 0.25) is 0 Å². The van der Waals surface area contributed by atoms with E-state index in [4.69, 9.17) is 42.0 Å². The number of aryl methyl sites for hydroxylation is 2. The van der Waals surface area contributed by atoms with E-state index in [1.165, 1.54) is 35.6 Å². The number of aliphatic hydroxyl groups is 1. The minimum atomic E-state index is -4.34. The van der Waals surface area contributed by atoms with Crippen LogP contribution < -0.4 is 37.8 Å². The number of ether oxygens (including phenoxy) is 3. The predicted molar refractivity (Wildman–Crippen MR) is 292 cm³/mol. The molecule has 1 spiro atoms. The molecule has 9 atom stereocenters. The van der Waals surface area contributed by atoms with Gasteiger partial charge in [-0.05, 0) is 82.0 Å². The van der Waals surface area contributed by atoms with E-state index in [-0.39, 0.29) is 53.7 Å². The number of nitrogens with two attached hydrogens (primary N) is 1. The maximum Gasteiger partial charge on any atom is 0.459 e. The van der Waals surface area contributed by atoms with Crippen molar-refractivity contribution in [2.24, 2.45) is 5.73 Å². The van der Waals surface area contributed by atoms with Gasteiger partial charge in [-0.3, -0.25) is 37.2 Å². The molecule has 0 radical (unpaired) electrons. The SMILES string of the molecule is COC(=O)C(C)NP(=O)(OC[C@H]1O[C@@H](n2cc(C)c(=O)n(CCCCCCn3c(=O)c(C)cn([C@@H]4O[C@H](CO[Si](C)(C)C(C)(C)C)[C@@]5(OS(=O)(=O)C=C5N)[C@H]4O[Si](C)(C)C(C)(C)C)c3=O)c2=O)C[C@@H]1O)Oc1ccccc1. The van der Waals surface area contributed by atoms with E-state index in [1.807, 2.05) is 47.0 Å². The van der Waals surface area contributed by atoms with Crippen molar-refractivity contribution in [2.45, 2.75) is 192 Å². The molecule has 0 amide bonds. The monoisotopic (exact) mass is 1150 g/mol. The molecule has 0 saturated carbocycles. The summed E-state index contributed by atoms with van der Waals surface area (Å²) in [5, 5.41) is 13.8. The zero-order valence-corrected chi connectivity index (χ0v) is 50.4. The van der Waals surface area contributed by atoms with Crippen molar-refractivity contribution in [1.82, 2.24) is 23.4 Å². The van der Waals surface area contributed by atoms with E-state index in [0.717, 1.165) is 14.5 Å². The lowest BCUT2D eigenvalue weighted by atomic mass is 9.89. The van der Waals surface area contributed by atoms with Crippen LogP contribution >= 0.6 is 7.75 Å². The number of rotatable bonds is 22. The van der Waals surface area contributed by atoms with Crippen molar-refractivity contribution < 1.29 is 59.2 Å². The first-order valence-corrected chi connectivity index (χ1v) is 34.7. The largest absolute Gasteiger partial charge is 0.468 e. The second kappa shape index (κ2) is 23.4. The number of unbranched alkanes of at least 4 members (excludes halogenated alkanes) is 3. The van der Waals surface area contributed by atoms with Gasteiger partial charge < -0.3 is 38.4 Å². The van der Waals surface area contributed by atoms with Gasteiger partial charge in [0.25, 0.3) is 21.2 Å². The number of nitrogens with zero attached hydrogens (tertiary/aromatic N) is 4. The van der Waals surface area contributed by atoms with Crippen molar-refractivity contribution in [3.05, 3.63) is 107 Å². The predicted octanol–water partition coefficient (Wildman–Crippen LogP) is 5.42. The lowest BCUT2D eigenvalue weighted by Gasteiger charge is -2.43. The van der Waals surface area contributed by atoms with Gasteiger partial charge in [0, 0.05) is 43.0 Å². The number of esters is 1. The highest BCUT2D eigenvalue weighted by Crippen LogP contribution is 2.52. The van der Waals surface area contributed by atoms with Crippen LogP contribution in [0.15, 0.2) is 73.0 Å². The first-order chi connectivity index (χ1) is 35.6. The molecule has 77 heavy (non-hydrogen) atoms. The van der Waals surface area contributed by atoms with Crippen molar-refractivity contribution in [3.63, 3.8) is 0 Å². The second-order valence-electron chi connectivity index (χ2n) is 23.2. The van der Waals surface area contributed by atoms with Crippen LogP contribution in [0.3, 0.4) is 0 Å². The number of para-hydroxylation sites is 1. The van der Waals surface area contributed by atoms with Gasteiger partial charge in [0.15, 0.2) is 28.5 Å². The van der Waals surface area contributed by atoms with E-state index in [9.17, 15) is 42.1 Å². The highest BCUT2D eigenvalue weighted by Gasteiger charge is 2.67. The number of carbonyl (C=O) groups is 1. The van der Waals surface area contributed by atoms with E-state index in [2.05, 4.69) is 25.9 Å². The number of nitrogens with one attached hydrogen (secondary N) is 1. The quantitative estimate of drug-likeness (QED) is 0.0372. The third kappa shape index (κ3) is 13.5. The van der Waals surface area contributed by atoms with Crippen LogP contribution in [0.4, 0.5) is 0 Å². The Morgan fingerprint density at radius 1 is 0.870 bits per heavy atom. The molecule has 4 N–H and O–H groups in total. The van der Waals surface area contributed by atoms with Crippen molar-refractivity contribution >= 4 is 40.5 Å². The topological polar surface area (TPSA) is 288 Å². The van der Waals surface area contributed by atoms with Crippen molar-refractivity contribution in [3.8, 4) is 5.75 Å². The zero-order chi connectivity index (χ0) is 57.4. The van der Waals surface area contributed by atoms with Crippen LogP contribution in [-0.4, -0.2) is 111 Å². The lowest BCUT2D eigenvalue weighted by Crippen LogP contribution is -2.59. The van der Waals surface area contributed by atoms with Crippen LogP contribution in [0.2, 0.25) is 36.3 Å². The number of hydrogen-bond acceptors (Lipinski definition) is 18. The fourth-order valence-corrected chi connectivity index (χ4v) is 13.8. The summed E-state index contributed by atoms with van der Waals surface area (Å²) < 4.78 is 93.7. The van der Waals surface area contributed by atoms with E-state index >= 15 is 0 Å². The molecule has 6 rings (SSSR count). The summed E-state index contributed by atoms with van der Waals surface area (Å²) in [5.74, 6) is -0.549. The third-order valence-electron chi connectivity index (χ3n) is 15.4. The Bertz CT molecular complexity index is 3080. The van der Waals surface area contributed by atoms with Crippen molar-refractivity contribution in [2.75, 3.05) is 20.3 Å². The molecule has 2 aromatic heterocycles. The van der Waals surface area contributed by atoms with Crippen LogP contribution in [0.25, 0.3) is 0 Å². The summed E-state index contributed by atoms with van der Waals surface area (Å²) in [6, 6.07) is 7.01. The van der Waals surface area contributed by atoms with Gasteiger partial charge in [0.1, 0.15) is 36.3 Å². The van der Waals surface area contributed by atoms with E-state index < -0.39 is 123 Å². The molecule has 3 aromatic rings. The molecule has 1 aromatic carbocycles. The Balaban J connectivity index is 1.16. The molecule has 23 nitrogen and oxygen atoms in total. The Hall–Kier alpha value is -4.32. The molecule has 3 aliphatic rings. The summed E-state index contributed by atoms with van der Waals surface area (Å²) in [7, 11) is -12.8. The summed E-state index contributed by atoms with van der Waals surface area (Å²) in [4.78, 5) is 67.9. The molecule has 3 aliphatic heterocycles. The molecule has 0 bridgehead atoms. The highest BCUT2D eigenvalue weighted by atomic mass is 32.2. The highest BCUT2D eigenvalue weighted by molar-refractivity contribution is 7.90. The molecule has 2 saturated heterocycles. The maximum absolute atomic E-state index is 14.6. The van der Waals surface area contributed by atoms with Gasteiger partial charge in [-0.2, -0.15) is 13.5 Å². The fourth-order valence-electron chi connectivity index (χ4n) is 8.79. The number of aromatic nitrogens is 4. The molecular weight excluding hydrogens is 1080 g/mol. The number of methoxy groups -OCH3 is 1. The van der Waals surface area contributed by atoms with Crippen LogP contribution in [0.5, 0.6) is 5.75 Å². The maximum atomic E-state index is 14.6. The lowest BCUT2D eigenvalue weighted by molar-refractivity contribution is -0.142. The van der Waals surface area contributed by atoms with Crippen LogP contribution in [0, 0.1) is 13.8 Å². The Labute approximate surface area is 451 Å². The van der Waals surface area contributed by atoms with Crippen LogP contribution in [-0.2, 0) is 64.3 Å². The summed E-state index contributed by atoms with van der Waals surface area (Å²) in [5.41, 5.74) is 2.59. The Morgan fingerprint density at radius 3 is 1.94 bits per heavy atom. The number of carbonyl (C=O) groups excluding carboxylic acids is 1. The first-order valence-electron chi connectivity index (χ1n) is 25.8. The summed E-state index contributed by atoms with van der Waals surface area (Å²) in [6.07, 6.45) is -2.72. The molecular formula is C50H79N6O17PSSi2. The Morgan fingerprint density at radius 2 is 1.42 bits per heavy atom. The summed E-state index contributed by atoms with van der Waals surface area (Å²) in [6.45, 7) is 24.2. The van der Waals surface area contributed by atoms with Crippen LogP contribution in [0.1, 0.15) is 104 Å². The normalized spacial score (nSPS) is 24.9. The minimum Gasteiger partial charge on any atom is -0.468 e. The standard InChI is InChI=1S/C50H79N6O17PSSi2/c1-32-27-55(40-26-36(57)37(69-40)29-67-74(63,52-34(3)45(60)66-10)71-35-22-18-17-19-23-35)46(61)53(42(32)58)24-20-15-16-21-25-54-43(59)33(2)28-56(47(54)62)44-41(72-77(13,14)49(7,8)9)50(38(51)31-75(64,65)73-50)39(70-44)30-68-76(11,12)48(4,5)6/h17-19,22-23,27-28,31,34,36-37,39-41,44,57H,15-16,20-21,24-26,29-30,51H2,1-14H3,(H,52,63)/t34?,36-,37+,39+,40+,41-,44+,50+,74?/m0/s1. The third-order valence-corrected chi connectivity index (χ3v) is 27.0. The number of hydrogen-bond donors (Lipinski definition) is 3. The van der Waals surface area contributed by atoms with Gasteiger partial charge >= 0.3 is 25.1 Å². The average molecular weight is 1160 g/mol. The smallest absolute Gasteiger partial charge is 0.459 e. The number of aliphatic hydroxyl groups excluding tert-OH is 1. The number of benzene rings is 1. The molecule has 2 unspecified atom stereocenters. The second-order valence-corrected chi connectivity index (χ2v) is 35.8. The van der Waals surface area contributed by atoms with E-state index in [0.29, 0.717) is 25.7 Å². The van der Waals surface area contributed by atoms with Gasteiger partial charge in [-0.15, -0.1) is 0 Å². The molecule has 5 heterocycles. The minimum absolute atomic E-state index is 0.00652.